The molecule has 0 radical (unpaired) electrons. The second-order valence-electron chi connectivity index (χ2n) is 8.77. The summed E-state index contributed by atoms with van der Waals surface area (Å²) in [7, 11) is 0. The Morgan fingerprint density at radius 3 is 2.24 bits per heavy atom. The summed E-state index contributed by atoms with van der Waals surface area (Å²) in [5.41, 5.74) is 16.5. The molecule has 0 unspecified atom stereocenters. The lowest BCUT2D eigenvalue weighted by Gasteiger charge is -2.28. The van der Waals surface area contributed by atoms with Gasteiger partial charge in [-0.2, -0.15) is 0 Å². The average Bonchev–Trinajstić information content (AvgIpc) is 3.22. The van der Waals surface area contributed by atoms with Gasteiger partial charge in [-0.25, -0.2) is 4.98 Å². The van der Waals surface area contributed by atoms with Gasteiger partial charge < -0.3 is 10.1 Å². The van der Waals surface area contributed by atoms with Crippen molar-refractivity contribution in [2.24, 2.45) is 0 Å². The molecule has 3 heterocycles. The third-order valence-corrected chi connectivity index (χ3v) is 6.59. The number of fused-ring (bicyclic) bond motifs is 2. The SMILES string of the molecule is Nc1ccc2nc(-c3ccc(-c4ccccc4)cc3)c(CN3CCc4ccccc4C3)n2c1. The number of benzene rings is 3. The largest absolute Gasteiger partial charge is 0.398 e. The first-order chi connectivity index (χ1) is 16.2. The van der Waals surface area contributed by atoms with Gasteiger partial charge in [-0.05, 0) is 40.8 Å². The van der Waals surface area contributed by atoms with Crippen molar-refractivity contribution in [2.45, 2.75) is 19.5 Å². The van der Waals surface area contributed by atoms with E-state index < -0.39 is 0 Å². The van der Waals surface area contributed by atoms with E-state index in [0.29, 0.717) is 0 Å². The van der Waals surface area contributed by atoms with E-state index in [4.69, 9.17) is 10.7 Å². The smallest absolute Gasteiger partial charge is 0.137 e. The number of anilines is 1. The molecule has 0 fully saturated rings. The third kappa shape index (κ3) is 3.79. The molecular weight excluding hydrogens is 404 g/mol. The maximum atomic E-state index is 6.16. The highest BCUT2D eigenvalue weighted by atomic mass is 15.2. The minimum absolute atomic E-state index is 0.746. The van der Waals surface area contributed by atoms with Crippen molar-refractivity contribution in [1.29, 1.82) is 0 Å². The number of hydrogen-bond acceptors (Lipinski definition) is 3. The molecule has 0 bridgehead atoms. The van der Waals surface area contributed by atoms with Crippen LogP contribution < -0.4 is 5.73 Å². The van der Waals surface area contributed by atoms with Crippen molar-refractivity contribution in [3.8, 4) is 22.4 Å². The van der Waals surface area contributed by atoms with Crippen LogP contribution in [0.15, 0.2) is 97.2 Å². The molecule has 2 N–H and O–H groups in total. The highest BCUT2D eigenvalue weighted by Crippen LogP contribution is 2.30. The lowest BCUT2D eigenvalue weighted by atomic mass is 9.99. The molecule has 0 amide bonds. The molecule has 2 aromatic heterocycles. The number of nitrogens with zero attached hydrogens (tertiary/aromatic N) is 3. The predicted octanol–water partition coefficient (Wildman–Crippen LogP) is 5.81. The predicted molar refractivity (Wildman–Crippen MR) is 135 cm³/mol. The molecule has 0 saturated heterocycles. The number of hydrogen-bond donors (Lipinski definition) is 1. The second-order valence-corrected chi connectivity index (χ2v) is 8.77. The molecule has 0 spiro atoms. The molecule has 5 aromatic rings. The van der Waals surface area contributed by atoms with Crippen LogP contribution >= 0.6 is 0 Å². The highest BCUT2D eigenvalue weighted by Gasteiger charge is 2.21. The van der Waals surface area contributed by atoms with E-state index in [1.165, 1.54) is 27.9 Å². The van der Waals surface area contributed by atoms with Gasteiger partial charge in [0, 0.05) is 37.1 Å². The lowest BCUT2D eigenvalue weighted by Crippen LogP contribution is -2.30. The van der Waals surface area contributed by atoms with Crippen molar-refractivity contribution in [2.75, 3.05) is 12.3 Å². The maximum Gasteiger partial charge on any atom is 0.137 e. The zero-order valence-corrected chi connectivity index (χ0v) is 18.5. The highest BCUT2D eigenvalue weighted by molar-refractivity contribution is 5.72. The average molecular weight is 431 g/mol. The van der Waals surface area contributed by atoms with Gasteiger partial charge in [-0.1, -0.05) is 78.9 Å². The Kier molecular flexibility index (Phi) is 4.93. The van der Waals surface area contributed by atoms with Crippen LogP contribution in [0.2, 0.25) is 0 Å². The van der Waals surface area contributed by atoms with E-state index in [9.17, 15) is 0 Å². The summed E-state index contributed by atoms with van der Waals surface area (Å²) in [6.07, 6.45) is 3.08. The number of aromatic nitrogens is 2. The Hall–Kier alpha value is -3.89. The van der Waals surface area contributed by atoms with Crippen LogP contribution in [0.1, 0.15) is 16.8 Å². The summed E-state index contributed by atoms with van der Waals surface area (Å²) in [6, 6.07) is 31.9. The van der Waals surface area contributed by atoms with Gasteiger partial charge in [0.1, 0.15) is 5.65 Å². The molecular formula is C29H26N4. The molecule has 1 aliphatic heterocycles. The monoisotopic (exact) mass is 430 g/mol. The Labute approximate surface area is 193 Å². The second kappa shape index (κ2) is 8.23. The minimum atomic E-state index is 0.746. The fraction of sp³-hybridized carbons (Fsp3) is 0.138. The van der Waals surface area contributed by atoms with E-state index in [-0.39, 0.29) is 0 Å². The van der Waals surface area contributed by atoms with Crippen molar-refractivity contribution >= 4 is 11.3 Å². The Morgan fingerprint density at radius 1 is 0.727 bits per heavy atom. The molecule has 4 heteroatoms. The molecule has 162 valence electrons. The van der Waals surface area contributed by atoms with Gasteiger partial charge in [0.05, 0.1) is 11.4 Å². The number of pyridine rings is 1. The third-order valence-electron chi connectivity index (χ3n) is 6.59. The first-order valence-electron chi connectivity index (χ1n) is 11.5. The first-order valence-corrected chi connectivity index (χ1v) is 11.5. The van der Waals surface area contributed by atoms with Crippen molar-refractivity contribution in [3.05, 3.63) is 114 Å². The van der Waals surface area contributed by atoms with Crippen LogP contribution in [0.4, 0.5) is 5.69 Å². The summed E-state index contributed by atoms with van der Waals surface area (Å²) in [5, 5.41) is 0. The summed E-state index contributed by atoms with van der Waals surface area (Å²) in [4.78, 5) is 7.53. The fourth-order valence-corrected chi connectivity index (χ4v) is 4.84. The standard InChI is InChI=1S/C29H26N4/c30-26-14-15-28-31-29(24-12-10-23(11-13-24)21-6-2-1-3-7-21)27(33(28)19-26)20-32-17-16-22-8-4-5-9-25(22)18-32/h1-15,19H,16-18,20,30H2. The topological polar surface area (TPSA) is 46.6 Å². The lowest BCUT2D eigenvalue weighted by molar-refractivity contribution is 0.242. The van der Waals surface area contributed by atoms with Crippen molar-refractivity contribution in [3.63, 3.8) is 0 Å². The summed E-state index contributed by atoms with van der Waals surface area (Å²) in [6.45, 7) is 2.83. The Bertz CT molecular complexity index is 1420. The van der Waals surface area contributed by atoms with Gasteiger partial charge in [0.2, 0.25) is 0 Å². The van der Waals surface area contributed by atoms with Crippen molar-refractivity contribution < 1.29 is 0 Å². The van der Waals surface area contributed by atoms with Crippen LogP contribution in [0.25, 0.3) is 28.0 Å². The molecule has 0 atom stereocenters. The number of imidazole rings is 1. The fourth-order valence-electron chi connectivity index (χ4n) is 4.84. The summed E-state index contributed by atoms with van der Waals surface area (Å²) < 4.78 is 2.16. The van der Waals surface area contributed by atoms with E-state index >= 15 is 0 Å². The van der Waals surface area contributed by atoms with Crippen LogP contribution in [-0.4, -0.2) is 20.8 Å². The maximum absolute atomic E-state index is 6.16. The normalized spacial score (nSPS) is 13.8. The molecule has 33 heavy (non-hydrogen) atoms. The van der Waals surface area contributed by atoms with Gasteiger partial charge in [-0.3, -0.25) is 4.90 Å². The van der Waals surface area contributed by atoms with E-state index in [1.54, 1.807) is 0 Å². The molecule has 6 rings (SSSR count). The number of nitrogen functional groups attached to an aromatic ring is 1. The van der Waals surface area contributed by atoms with E-state index in [2.05, 4.69) is 82.1 Å². The number of nitrogens with two attached hydrogens (primary N) is 1. The zero-order chi connectivity index (χ0) is 22.2. The molecule has 4 nitrogen and oxygen atoms in total. The van der Waals surface area contributed by atoms with Gasteiger partial charge in [0.25, 0.3) is 0 Å². The molecule has 1 aliphatic rings. The van der Waals surface area contributed by atoms with E-state index in [1.807, 2.05) is 24.4 Å². The zero-order valence-electron chi connectivity index (χ0n) is 18.5. The van der Waals surface area contributed by atoms with Gasteiger partial charge >= 0.3 is 0 Å². The van der Waals surface area contributed by atoms with E-state index in [0.717, 1.165) is 48.6 Å². The van der Waals surface area contributed by atoms with Crippen molar-refractivity contribution in [1.82, 2.24) is 14.3 Å². The van der Waals surface area contributed by atoms with Crippen LogP contribution in [0, 0.1) is 0 Å². The molecule has 0 saturated carbocycles. The molecule has 0 aliphatic carbocycles. The first kappa shape index (κ1) is 19.8. The number of rotatable bonds is 4. The Morgan fingerprint density at radius 2 is 1.42 bits per heavy atom. The summed E-state index contributed by atoms with van der Waals surface area (Å²) in [5.74, 6) is 0. The Balaban J connectivity index is 1.38. The summed E-state index contributed by atoms with van der Waals surface area (Å²) >= 11 is 0. The quantitative estimate of drug-likeness (QED) is 0.391. The minimum Gasteiger partial charge on any atom is -0.398 e. The van der Waals surface area contributed by atoms with Crippen LogP contribution in [-0.2, 0) is 19.5 Å². The van der Waals surface area contributed by atoms with Crippen LogP contribution in [0.5, 0.6) is 0 Å². The van der Waals surface area contributed by atoms with Gasteiger partial charge in [0.15, 0.2) is 0 Å². The molecule has 3 aromatic carbocycles. The van der Waals surface area contributed by atoms with Gasteiger partial charge in [-0.15, -0.1) is 0 Å². The van der Waals surface area contributed by atoms with Crippen LogP contribution in [0.3, 0.4) is 0 Å².